The van der Waals surface area contributed by atoms with Gasteiger partial charge in [-0.2, -0.15) is 0 Å². The Labute approximate surface area is 301 Å². The first-order valence-corrected chi connectivity index (χ1v) is 17.1. The van der Waals surface area contributed by atoms with E-state index in [-0.39, 0.29) is 22.7 Å². The van der Waals surface area contributed by atoms with E-state index in [1.165, 1.54) is 11.8 Å². The third kappa shape index (κ3) is 6.43. The van der Waals surface area contributed by atoms with Gasteiger partial charge in [0, 0.05) is 42.1 Å². The molecule has 1 aliphatic carbocycles. The lowest BCUT2D eigenvalue weighted by atomic mass is 9.85. The second-order valence-electron chi connectivity index (χ2n) is 10.9. The van der Waals surface area contributed by atoms with Gasteiger partial charge in [0.05, 0.1) is 33.3 Å². The molecule has 1 aromatic heterocycles. The van der Waals surface area contributed by atoms with Crippen LogP contribution in [0.2, 0.25) is 20.1 Å². The second kappa shape index (κ2) is 13.7. The number of Topliss-reactive ketones (excluding diaryl/α,β-unsaturated/α-hetero) is 1. The molecule has 0 saturated carbocycles. The SMILES string of the molecule is O=C1C(=Cc2cc(-c3ccccc3Cl)[o+]c(-c3ccccc3Cl)c2)C([O-])=C1C=C1C=C(c2ccccc2Cl)SC(c2ccccc2Cl)=C1. The topological polar surface area (TPSA) is 51.4 Å². The van der Waals surface area contributed by atoms with Crippen LogP contribution in [0.25, 0.3) is 38.5 Å². The average Bonchev–Trinajstić information content (AvgIpc) is 3.10. The first-order chi connectivity index (χ1) is 23.3. The third-order valence-corrected chi connectivity index (χ3v) is 10.2. The summed E-state index contributed by atoms with van der Waals surface area (Å²) in [6.45, 7) is 0. The van der Waals surface area contributed by atoms with E-state index in [0.29, 0.717) is 53.9 Å². The Kier molecular flexibility index (Phi) is 9.19. The predicted molar refractivity (Wildman–Crippen MR) is 199 cm³/mol. The molecule has 8 heteroatoms. The van der Waals surface area contributed by atoms with E-state index >= 15 is 0 Å². The van der Waals surface area contributed by atoms with Crippen molar-refractivity contribution in [1.29, 1.82) is 0 Å². The van der Waals surface area contributed by atoms with Gasteiger partial charge in [0.2, 0.25) is 0 Å². The van der Waals surface area contributed by atoms with Crippen LogP contribution < -0.4 is 5.11 Å². The predicted octanol–water partition coefficient (Wildman–Crippen LogP) is 11.8. The summed E-state index contributed by atoms with van der Waals surface area (Å²) in [5, 5.41) is 15.7. The molecule has 234 valence electrons. The van der Waals surface area contributed by atoms with Crippen LogP contribution in [0.5, 0.6) is 0 Å². The number of thioether (sulfide) groups is 1. The molecule has 0 spiro atoms. The largest absolute Gasteiger partial charge is 0.871 e. The van der Waals surface area contributed by atoms with Gasteiger partial charge in [-0.05, 0) is 71.8 Å². The molecule has 0 radical (unpaired) electrons. The van der Waals surface area contributed by atoms with Gasteiger partial charge in [-0.15, -0.1) is 0 Å². The lowest BCUT2D eigenvalue weighted by Gasteiger charge is -2.29. The van der Waals surface area contributed by atoms with Crippen molar-refractivity contribution in [3.05, 3.63) is 187 Å². The van der Waals surface area contributed by atoms with E-state index in [2.05, 4.69) is 0 Å². The number of benzene rings is 4. The summed E-state index contributed by atoms with van der Waals surface area (Å²) in [5.41, 5.74) is 4.41. The van der Waals surface area contributed by atoms with Crippen LogP contribution in [-0.2, 0) is 4.79 Å². The molecule has 0 fully saturated rings. The molecule has 3 nitrogen and oxygen atoms in total. The Morgan fingerprint density at radius 3 is 1.42 bits per heavy atom. The number of rotatable bonds is 6. The number of carbonyl (C=O) groups is 1. The second-order valence-corrected chi connectivity index (χ2v) is 13.6. The van der Waals surface area contributed by atoms with E-state index in [0.717, 1.165) is 20.9 Å². The summed E-state index contributed by atoms with van der Waals surface area (Å²) in [6.07, 6.45) is 7.05. The zero-order valence-corrected chi connectivity index (χ0v) is 28.7. The van der Waals surface area contributed by atoms with Crippen LogP contribution in [0, 0.1) is 0 Å². The van der Waals surface area contributed by atoms with Gasteiger partial charge >= 0.3 is 11.5 Å². The summed E-state index contributed by atoms with van der Waals surface area (Å²) in [7, 11) is 0. The highest BCUT2D eigenvalue weighted by molar-refractivity contribution is 8.16. The Morgan fingerprint density at radius 1 is 0.583 bits per heavy atom. The van der Waals surface area contributed by atoms with Crippen molar-refractivity contribution in [2.45, 2.75) is 0 Å². The van der Waals surface area contributed by atoms with Crippen LogP contribution in [0.3, 0.4) is 0 Å². The van der Waals surface area contributed by atoms with Crippen molar-refractivity contribution < 1.29 is 14.3 Å². The van der Waals surface area contributed by atoms with Crippen molar-refractivity contribution in [3.63, 3.8) is 0 Å². The van der Waals surface area contributed by atoms with Gasteiger partial charge in [0.25, 0.3) is 0 Å². The Morgan fingerprint density at radius 2 is 1.00 bits per heavy atom. The smallest absolute Gasteiger partial charge is 0.362 e. The molecule has 48 heavy (non-hydrogen) atoms. The van der Waals surface area contributed by atoms with Crippen molar-refractivity contribution >= 4 is 79.8 Å². The minimum atomic E-state index is -0.356. The van der Waals surface area contributed by atoms with E-state index in [1.807, 2.05) is 97.1 Å². The highest BCUT2D eigenvalue weighted by Crippen LogP contribution is 2.47. The Balaban J connectivity index is 1.31. The maximum absolute atomic E-state index is 13.6. The molecule has 0 unspecified atom stereocenters. The maximum atomic E-state index is 13.6. The molecule has 4 aromatic carbocycles. The Hall–Kier alpha value is -4.29. The number of carbonyl (C=O) groups excluding carboxylic acids is 1. The maximum Gasteiger partial charge on any atom is 0.362 e. The molecular weight excluding hydrogens is 702 g/mol. The first kappa shape index (κ1) is 32.3. The monoisotopic (exact) mass is 722 g/mol. The molecule has 0 atom stereocenters. The molecular formula is C40H22Cl4O3S. The van der Waals surface area contributed by atoms with Crippen LogP contribution in [0.1, 0.15) is 16.7 Å². The van der Waals surface area contributed by atoms with Crippen molar-refractivity contribution in [1.82, 2.24) is 0 Å². The van der Waals surface area contributed by atoms with Gasteiger partial charge in [-0.3, -0.25) is 4.79 Å². The number of ketones is 1. The normalized spacial score (nSPS) is 15.3. The summed E-state index contributed by atoms with van der Waals surface area (Å²) in [6, 6.07) is 33.1. The Bertz CT molecular complexity index is 2170. The highest BCUT2D eigenvalue weighted by atomic mass is 35.5. The summed E-state index contributed by atoms with van der Waals surface area (Å²) >= 11 is 27.7. The summed E-state index contributed by atoms with van der Waals surface area (Å²) < 4.78 is 6.25. The number of allylic oxidation sites excluding steroid dienone is 6. The fourth-order valence-electron chi connectivity index (χ4n) is 5.41. The van der Waals surface area contributed by atoms with Gasteiger partial charge in [-0.25, -0.2) is 4.42 Å². The van der Waals surface area contributed by atoms with E-state index in [9.17, 15) is 9.90 Å². The van der Waals surface area contributed by atoms with Crippen molar-refractivity contribution in [3.8, 4) is 22.6 Å². The van der Waals surface area contributed by atoms with Gasteiger partial charge in [0.15, 0.2) is 5.78 Å². The minimum Gasteiger partial charge on any atom is -0.871 e. The molecule has 2 heterocycles. The molecule has 5 aromatic rings. The molecule has 0 saturated heterocycles. The van der Waals surface area contributed by atoms with E-state index < -0.39 is 0 Å². The molecule has 0 N–H and O–H groups in total. The van der Waals surface area contributed by atoms with Crippen molar-refractivity contribution in [2.75, 3.05) is 0 Å². The first-order valence-electron chi connectivity index (χ1n) is 14.8. The van der Waals surface area contributed by atoms with Gasteiger partial charge in [-0.1, -0.05) is 125 Å². The average molecular weight is 724 g/mol. The lowest BCUT2D eigenvalue weighted by molar-refractivity contribution is -0.300. The quantitative estimate of drug-likeness (QED) is 0.129. The van der Waals surface area contributed by atoms with Crippen LogP contribution >= 0.6 is 58.2 Å². The molecule has 2 aliphatic rings. The van der Waals surface area contributed by atoms with Crippen LogP contribution in [-0.4, -0.2) is 5.78 Å². The molecule has 0 bridgehead atoms. The molecule has 1 aliphatic heterocycles. The molecule has 7 rings (SSSR count). The van der Waals surface area contributed by atoms with Crippen LogP contribution in [0.15, 0.2) is 154 Å². The fraction of sp³-hybridized carbons (Fsp3) is 0. The number of halogens is 4. The highest BCUT2D eigenvalue weighted by Gasteiger charge is 2.28. The lowest BCUT2D eigenvalue weighted by Crippen LogP contribution is -2.29. The zero-order valence-electron chi connectivity index (χ0n) is 24.8. The third-order valence-electron chi connectivity index (χ3n) is 7.79. The fourth-order valence-corrected chi connectivity index (χ4v) is 7.66. The van der Waals surface area contributed by atoms with E-state index in [4.69, 9.17) is 50.8 Å². The van der Waals surface area contributed by atoms with Gasteiger partial charge in [0.1, 0.15) is 0 Å². The minimum absolute atomic E-state index is 0.0686. The summed E-state index contributed by atoms with van der Waals surface area (Å²) in [4.78, 5) is 15.3. The molecule has 0 amide bonds. The standard InChI is InChI=1S/C40H22Cl4O3S/c41-31-13-5-1-9-25(31)35-19-23(20-36(47-35)26-10-2-6-14-32(26)42)17-29-39(45)30(40(29)46)18-24-21-37(27-11-3-7-15-33(27)43)48-38(22-24)28-12-4-8-16-34(28)44/h1-22H. The zero-order chi connectivity index (χ0) is 33.4. The number of hydrogen-bond acceptors (Lipinski definition) is 3. The summed E-state index contributed by atoms with van der Waals surface area (Å²) in [5.74, 6) is 0.213. The van der Waals surface area contributed by atoms with Gasteiger partial charge < -0.3 is 5.11 Å². The number of hydrogen-bond donors (Lipinski definition) is 0. The van der Waals surface area contributed by atoms with E-state index in [1.54, 1.807) is 36.4 Å². The van der Waals surface area contributed by atoms with Crippen LogP contribution in [0.4, 0.5) is 0 Å². The van der Waals surface area contributed by atoms with Crippen molar-refractivity contribution in [2.24, 2.45) is 0 Å².